The molecule has 1 aliphatic carbocycles. The van der Waals surface area contributed by atoms with Gasteiger partial charge in [0.15, 0.2) is 9.84 Å². The van der Waals surface area contributed by atoms with E-state index in [0.717, 1.165) is 16.8 Å². The summed E-state index contributed by atoms with van der Waals surface area (Å²) in [6.45, 7) is 0. The van der Waals surface area contributed by atoms with Crippen molar-refractivity contribution in [2.45, 2.75) is 35.0 Å². The highest BCUT2D eigenvalue weighted by molar-refractivity contribution is 7.90. The first kappa shape index (κ1) is 25.9. The highest BCUT2D eigenvalue weighted by Crippen LogP contribution is 2.34. The van der Waals surface area contributed by atoms with Crippen molar-refractivity contribution in [2.24, 2.45) is 5.92 Å². The summed E-state index contributed by atoms with van der Waals surface area (Å²) < 4.78 is 76.3. The molecule has 2 aromatic rings. The molecule has 1 aromatic carbocycles. The minimum Gasteiger partial charge on any atom is -0.307 e. The number of carbonyl (C=O) groups excluding carboxylic acids is 1. The van der Waals surface area contributed by atoms with Crippen LogP contribution < -0.4 is 5.32 Å². The van der Waals surface area contributed by atoms with Gasteiger partial charge in [-0.1, -0.05) is 18.2 Å². The van der Waals surface area contributed by atoms with Gasteiger partial charge in [0.1, 0.15) is 23.1 Å². The van der Waals surface area contributed by atoms with Crippen LogP contribution in [-0.4, -0.2) is 64.7 Å². The average molecular weight is 514 g/mol. The summed E-state index contributed by atoms with van der Waals surface area (Å²) in [5.41, 5.74) is 0.451. The molecule has 1 amide bonds. The van der Waals surface area contributed by atoms with Gasteiger partial charge in [0.2, 0.25) is 10.0 Å². The Hall–Kier alpha value is -2.70. The third-order valence-electron chi connectivity index (χ3n) is 5.45. The number of benzene rings is 1. The summed E-state index contributed by atoms with van der Waals surface area (Å²) in [5, 5.41) is 2.56. The smallest absolute Gasteiger partial charge is 0.257 e. The van der Waals surface area contributed by atoms with Gasteiger partial charge in [0, 0.05) is 32.1 Å². The van der Waals surface area contributed by atoms with E-state index >= 15 is 0 Å². The normalized spacial score (nSPS) is 21.6. The van der Waals surface area contributed by atoms with Crippen molar-refractivity contribution >= 4 is 37.2 Å². The number of nitrogens with zero attached hydrogens (tertiary/aromatic N) is 2. The number of hydrogen-bond acceptors (Lipinski definition) is 6. The first-order valence-electron chi connectivity index (χ1n) is 10.3. The van der Waals surface area contributed by atoms with Gasteiger partial charge >= 0.3 is 0 Å². The molecule has 1 aliphatic rings. The van der Waals surface area contributed by atoms with E-state index in [0.29, 0.717) is 5.56 Å². The quantitative estimate of drug-likeness (QED) is 0.570. The molecule has 8 nitrogen and oxygen atoms in total. The zero-order valence-corrected chi connectivity index (χ0v) is 20.4. The average Bonchev–Trinajstić information content (AvgIpc) is 3.08. The van der Waals surface area contributed by atoms with Gasteiger partial charge in [-0.25, -0.2) is 34.9 Å². The van der Waals surface area contributed by atoms with Crippen molar-refractivity contribution in [3.05, 3.63) is 54.2 Å². The van der Waals surface area contributed by atoms with Crippen LogP contribution in [0.3, 0.4) is 0 Å². The number of nitrogens with one attached hydrogen (secondary N) is 1. The number of amides is 1. The predicted octanol–water partition coefficient (Wildman–Crippen LogP) is 2.84. The van der Waals surface area contributed by atoms with Gasteiger partial charge in [0.05, 0.1) is 4.90 Å². The lowest BCUT2D eigenvalue weighted by molar-refractivity contribution is -0.111. The minimum atomic E-state index is -3.70. The maximum Gasteiger partial charge on any atom is 0.257 e. The third-order valence-corrected chi connectivity index (χ3v) is 8.37. The Morgan fingerprint density at radius 1 is 1.00 bits per heavy atom. The molecule has 1 aromatic heterocycles. The molecule has 3 atom stereocenters. The first-order valence-corrected chi connectivity index (χ1v) is 13.6. The number of halogens is 2. The number of aromatic nitrogens is 1. The van der Waals surface area contributed by atoms with Crippen LogP contribution in [0.15, 0.2) is 58.5 Å². The lowest BCUT2D eigenvalue weighted by Gasteiger charge is -2.13. The summed E-state index contributed by atoms with van der Waals surface area (Å²) in [7, 11) is -4.39. The molecule has 0 spiro atoms. The molecule has 1 saturated carbocycles. The van der Waals surface area contributed by atoms with E-state index in [4.69, 9.17) is 0 Å². The topological polar surface area (TPSA) is 114 Å². The molecule has 0 bridgehead atoms. The standard InChI is InChI=1S/C22H25F2N3O5S2/c1-27(2)34(31,32)17-8-9-21(25-13-17)26-22(28)18(10-14-11-19(23)20(24)12-14)15-4-6-16(7-5-15)33(3,29)30/h4-10,13-14,19-20H,11-12H2,1-3H3,(H,25,26,28)/t14?,19-,20+. The minimum absolute atomic E-state index is 0.0587. The van der Waals surface area contributed by atoms with E-state index in [1.54, 1.807) is 0 Å². The Labute approximate surface area is 197 Å². The Balaban J connectivity index is 1.91. The van der Waals surface area contributed by atoms with E-state index in [1.165, 1.54) is 56.6 Å². The fourth-order valence-corrected chi connectivity index (χ4v) is 5.01. The number of alkyl halides is 2. The maximum atomic E-state index is 13.7. The fourth-order valence-electron chi connectivity index (χ4n) is 3.53. The van der Waals surface area contributed by atoms with E-state index in [2.05, 4.69) is 10.3 Å². The second-order valence-corrected chi connectivity index (χ2v) is 12.4. The van der Waals surface area contributed by atoms with Gasteiger partial charge in [0.25, 0.3) is 5.91 Å². The van der Waals surface area contributed by atoms with Crippen LogP contribution in [0.5, 0.6) is 0 Å². The zero-order chi connectivity index (χ0) is 25.3. The number of hydrogen-bond donors (Lipinski definition) is 1. The zero-order valence-electron chi connectivity index (χ0n) is 18.8. The second-order valence-electron chi connectivity index (χ2n) is 8.26. The molecule has 1 unspecified atom stereocenters. The molecule has 0 saturated heterocycles. The van der Waals surface area contributed by atoms with Crippen molar-refractivity contribution in [3.8, 4) is 0 Å². The van der Waals surface area contributed by atoms with E-state index in [-0.39, 0.29) is 34.0 Å². The lowest BCUT2D eigenvalue weighted by Crippen LogP contribution is -2.22. The first-order chi connectivity index (χ1) is 15.8. The molecule has 34 heavy (non-hydrogen) atoms. The SMILES string of the molecule is CN(C)S(=O)(=O)c1ccc(NC(=O)C(=CC2C[C@@H](F)[C@@H](F)C2)c2ccc(S(C)(=O)=O)cc2)nc1. The van der Waals surface area contributed by atoms with Crippen LogP contribution in [0.2, 0.25) is 0 Å². The van der Waals surface area contributed by atoms with Crippen LogP contribution in [0.4, 0.5) is 14.6 Å². The van der Waals surface area contributed by atoms with Crippen LogP contribution in [-0.2, 0) is 24.7 Å². The maximum absolute atomic E-state index is 13.7. The third kappa shape index (κ3) is 5.86. The lowest BCUT2D eigenvalue weighted by atomic mass is 9.98. The Kier molecular flexibility index (Phi) is 7.53. The number of allylic oxidation sites excluding steroid dienone is 1. The molecule has 1 heterocycles. The molecule has 1 fully saturated rings. The van der Waals surface area contributed by atoms with Crippen molar-refractivity contribution < 1.29 is 30.4 Å². The number of rotatable bonds is 7. The number of anilines is 1. The van der Waals surface area contributed by atoms with Gasteiger partial charge in [-0.15, -0.1) is 0 Å². The van der Waals surface area contributed by atoms with Crippen LogP contribution >= 0.6 is 0 Å². The van der Waals surface area contributed by atoms with Gasteiger partial charge in [-0.2, -0.15) is 0 Å². The Bertz CT molecular complexity index is 1280. The fraction of sp³-hybridized carbons (Fsp3) is 0.364. The second kappa shape index (κ2) is 9.88. The van der Waals surface area contributed by atoms with Crippen LogP contribution in [0.1, 0.15) is 18.4 Å². The van der Waals surface area contributed by atoms with E-state index in [9.17, 15) is 30.4 Å². The summed E-state index contributed by atoms with van der Waals surface area (Å²) in [6, 6.07) is 8.18. The highest BCUT2D eigenvalue weighted by Gasteiger charge is 2.34. The highest BCUT2D eigenvalue weighted by atomic mass is 32.2. The summed E-state index contributed by atoms with van der Waals surface area (Å²) in [4.78, 5) is 17.1. The summed E-state index contributed by atoms with van der Waals surface area (Å²) >= 11 is 0. The largest absolute Gasteiger partial charge is 0.307 e. The molecular weight excluding hydrogens is 488 g/mol. The van der Waals surface area contributed by atoms with Crippen LogP contribution in [0, 0.1) is 5.92 Å². The molecule has 3 rings (SSSR count). The Morgan fingerprint density at radius 3 is 2.03 bits per heavy atom. The molecule has 184 valence electrons. The van der Waals surface area contributed by atoms with Crippen molar-refractivity contribution in [1.29, 1.82) is 0 Å². The van der Waals surface area contributed by atoms with Crippen LogP contribution in [0.25, 0.3) is 5.57 Å². The Morgan fingerprint density at radius 2 is 1.56 bits per heavy atom. The number of sulfone groups is 1. The summed E-state index contributed by atoms with van der Waals surface area (Å²) in [6.07, 6.45) is 0.245. The van der Waals surface area contributed by atoms with E-state index < -0.39 is 44.0 Å². The van der Waals surface area contributed by atoms with E-state index in [1.807, 2.05) is 0 Å². The van der Waals surface area contributed by atoms with Crippen molar-refractivity contribution in [1.82, 2.24) is 9.29 Å². The van der Waals surface area contributed by atoms with Gasteiger partial charge < -0.3 is 5.32 Å². The molecule has 0 aliphatic heterocycles. The van der Waals surface area contributed by atoms with Crippen molar-refractivity contribution in [2.75, 3.05) is 25.7 Å². The molecular formula is C22H25F2N3O5S2. The number of pyridine rings is 1. The number of carbonyl (C=O) groups is 1. The van der Waals surface area contributed by atoms with Gasteiger partial charge in [-0.05, 0) is 48.6 Å². The predicted molar refractivity (Wildman–Crippen MR) is 124 cm³/mol. The monoisotopic (exact) mass is 513 g/mol. The van der Waals surface area contributed by atoms with Crippen molar-refractivity contribution in [3.63, 3.8) is 0 Å². The summed E-state index contributed by atoms with van der Waals surface area (Å²) in [5.74, 6) is -1.10. The molecule has 1 N–H and O–H groups in total. The molecule has 0 radical (unpaired) electrons. The molecule has 12 heteroatoms. The van der Waals surface area contributed by atoms with Gasteiger partial charge in [-0.3, -0.25) is 4.79 Å². The number of sulfonamides is 1.